The number of hydrogen-bond donors (Lipinski definition) is 2. The van der Waals surface area contributed by atoms with Gasteiger partial charge in [0.25, 0.3) is 0 Å². The lowest BCUT2D eigenvalue weighted by molar-refractivity contribution is -0.127. The van der Waals surface area contributed by atoms with Gasteiger partial charge in [-0.3, -0.25) is 4.79 Å². The molecular formula is C28H33N3O3S. The molecule has 4 rings (SSSR count). The summed E-state index contributed by atoms with van der Waals surface area (Å²) in [4.78, 5) is 26.4. The Morgan fingerprint density at radius 1 is 1.06 bits per heavy atom. The van der Waals surface area contributed by atoms with Crippen LogP contribution in [0.25, 0.3) is 5.69 Å². The first-order chi connectivity index (χ1) is 16.7. The average molecular weight is 492 g/mol. The quantitative estimate of drug-likeness (QED) is 0.335. The van der Waals surface area contributed by atoms with Gasteiger partial charge in [-0.1, -0.05) is 50.1 Å². The lowest BCUT2D eigenvalue weighted by Crippen LogP contribution is -2.45. The van der Waals surface area contributed by atoms with E-state index in [0.717, 1.165) is 37.1 Å². The predicted octanol–water partition coefficient (Wildman–Crippen LogP) is 6.45. The monoisotopic (exact) mass is 491 g/mol. The van der Waals surface area contributed by atoms with E-state index in [1.54, 1.807) is 16.4 Å². The summed E-state index contributed by atoms with van der Waals surface area (Å²) >= 11 is 1.76. The van der Waals surface area contributed by atoms with Gasteiger partial charge in [0.05, 0.1) is 11.2 Å². The maximum Gasteiger partial charge on any atom is 0.341 e. The number of aromatic nitrogens is 2. The minimum Gasteiger partial charge on any atom is -0.477 e. The number of anilines is 1. The molecule has 1 fully saturated rings. The Balaban J connectivity index is 1.48. The van der Waals surface area contributed by atoms with E-state index in [4.69, 9.17) is 0 Å². The highest BCUT2D eigenvalue weighted by molar-refractivity contribution is 7.98. The van der Waals surface area contributed by atoms with Gasteiger partial charge in [-0.25, -0.2) is 9.48 Å². The summed E-state index contributed by atoms with van der Waals surface area (Å²) in [7, 11) is 0. The molecule has 0 bridgehead atoms. The molecule has 0 aliphatic heterocycles. The van der Waals surface area contributed by atoms with Crippen LogP contribution in [0.1, 0.15) is 62.4 Å². The first-order valence-corrected chi connectivity index (χ1v) is 13.1. The summed E-state index contributed by atoms with van der Waals surface area (Å²) in [6, 6.07) is 18.2. The number of ketones is 1. The van der Waals surface area contributed by atoms with Crippen LogP contribution in [-0.4, -0.2) is 32.2 Å². The normalized spacial score (nSPS) is 18.3. The van der Waals surface area contributed by atoms with E-state index >= 15 is 0 Å². The van der Waals surface area contributed by atoms with Crippen molar-refractivity contribution in [1.29, 1.82) is 0 Å². The number of rotatable bonds is 9. The lowest BCUT2D eigenvalue weighted by atomic mass is 9.76. The van der Waals surface area contributed by atoms with E-state index < -0.39 is 11.5 Å². The third-order valence-corrected chi connectivity index (χ3v) is 7.81. The zero-order valence-corrected chi connectivity index (χ0v) is 21.3. The molecule has 7 heteroatoms. The molecule has 6 nitrogen and oxygen atoms in total. The fourth-order valence-corrected chi connectivity index (χ4v) is 5.45. The number of carboxylic acid groups (broad SMARTS) is 1. The summed E-state index contributed by atoms with van der Waals surface area (Å²) in [6.45, 7) is 5.86. The standard InChI is InChI=1S/C28H33N3O3S/c1-19-9-13-21(14-10-19)25(32)28(2,3)29-26-24(27(33)34)17-31(30-26)22-15-11-20(12-16-22)18-35-23-7-5-4-6-8-23/h4-8,11-12,15-17,19,21H,9-10,13-14,18H2,1-3H3,(H,29,30)(H,33,34). The number of benzene rings is 2. The number of thioether (sulfide) groups is 1. The molecule has 1 aliphatic carbocycles. The van der Waals surface area contributed by atoms with Crippen LogP contribution in [0.2, 0.25) is 0 Å². The highest BCUT2D eigenvalue weighted by Gasteiger charge is 2.36. The highest BCUT2D eigenvalue weighted by Crippen LogP contribution is 2.33. The van der Waals surface area contributed by atoms with Crippen LogP contribution in [0.3, 0.4) is 0 Å². The van der Waals surface area contributed by atoms with Gasteiger partial charge < -0.3 is 10.4 Å². The zero-order chi connectivity index (χ0) is 25.0. The van der Waals surface area contributed by atoms with Crippen LogP contribution < -0.4 is 5.32 Å². The van der Waals surface area contributed by atoms with Crippen molar-refractivity contribution in [2.45, 2.75) is 62.6 Å². The largest absolute Gasteiger partial charge is 0.477 e. The summed E-state index contributed by atoms with van der Waals surface area (Å²) in [5.74, 6) is 0.758. The molecule has 2 aromatic carbocycles. The molecule has 0 unspecified atom stereocenters. The van der Waals surface area contributed by atoms with Crippen LogP contribution in [0.15, 0.2) is 65.7 Å². The number of carboxylic acids is 1. The number of nitrogens with one attached hydrogen (secondary N) is 1. The van der Waals surface area contributed by atoms with E-state index in [9.17, 15) is 14.7 Å². The van der Waals surface area contributed by atoms with Gasteiger partial charge in [0, 0.05) is 22.8 Å². The van der Waals surface area contributed by atoms with E-state index in [1.807, 2.05) is 56.3 Å². The van der Waals surface area contributed by atoms with Gasteiger partial charge in [0.15, 0.2) is 11.6 Å². The van der Waals surface area contributed by atoms with E-state index in [1.165, 1.54) is 16.7 Å². The minimum atomic E-state index is -1.08. The highest BCUT2D eigenvalue weighted by atomic mass is 32.2. The molecule has 0 spiro atoms. The molecule has 0 atom stereocenters. The number of aromatic carboxylic acids is 1. The smallest absolute Gasteiger partial charge is 0.341 e. The molecule has 1 saturated carbocycles. The first kappa shape index (κ1) is 25.0. The molecule has 0 radical (unpaired) electrons. The van der Waals surface area contributed by atoms with E-state index in [0.29, 0.717) is 5.92 Å². The van der Waals surface area contributed by atoms with Crippen molar-refractivity contribution in [3.63, 3.8) is 0 Å². The third-order valence-electron chi connectivity index (χ3n) is 6.73. The van der Waals surface area contributed by atoms with Crippen molar-refractivity contribution >= 4 is 29.3 Å². The Bertz CT molecular complexity index is 1160. The number of Topliss-reactive ketones (excluding diaryl/α,β-unsaturated/α-hetero) is 1. The number of hydrogen-bond acceptors (Lipinski definition) is 5. The Kier molecular flexibility index (Phi) is 7.65. The topological polar surface area (TPSA) is 84.2 Å². The van der Waals surface area contributed by atoms with Crippen molar-refractivity contribution in [3.05, 3.63) is 71.9 Å². The van der Waals surface area contributed by atoms with Gasteiger partial charge in [-0.05, 0) is 62.4 Å². The molecule has 0 amide bonds. The van der Waals surface area contributed by atoms with Crippen LogP contribution >= 0.6 is 11.8 Å². The second kappa shape index (κ2) is 10.7. The maximum absolute atomic E-state index is 13.2. The van der Waals surface area contributed by atoms with Crippen molar-refractivity contribution in [2.75, 3.05) is 5.32 Å². The predicted molar refractivity (Wildman–Crippen MR) is 140 cm³/mol. The van der Waals surface area contributed by atoms with Crippen molar-refractivity contribution in [1.82, 2.24) is 9.78 Å². The number of carbonyl (C=O) groups excluding carboxylic acids is 1. The van der Waals surface area contributed by atoms with Gasteiger partial charge in [-0.2, -0.15) is 0 Å². The number of carbonyl (C=O) groups is 2. The Morgan fingerprint density at radius 3 is 2.34 bits per heavy atom. The van der Waals surface area contributed by atoms with Gasteiger partial charge >= 0.3 is 5.97 Å². The zero-order valence-electron chi connectivity index (χ0n) is 20.5. The molecular weight excluding hydrogens is 458 g/mol. The summed E-state index contributed by atoms with van der Waals surface area (Å²) in [6.07, 6.45) is 5.39. The van der Waals surface area contributed by atoms with Gasteiger partial charge in [0.1, 0.15) is 5.56 Å². The SMILES string of the molecule is CC1CCC(C(=O)C(C)(C)Nc2nn(-c3ccc(CSc4ccccc4)cc3)cc2C(=O)O)CC1. The molecule has 0 saturated heterocycles. The second-order valence-corrected chi connectivity index (χ2v) is 11.0. The van der Waals surface area contributed by atoms with Crippen LogP contribution in [-0.2, 0) is 10.5 Å². The van der Waals surface area contributed by atoms with Crippen molar-refractivity contribution < 1.29 is 14.7 Å². The minimum absolute atomic E-state index is 0.00497. The maximum atomic E-state index is 13.2. The fourth-order valence-electron chi connectivity index (χ4n) is 4.57. The molecule has 35 heavy (non-hydrogen) atoms. The van der Waals surface area contributed by atoms with E-state index in [2.05, 4.69) is 29.5 Å². The third kappa shape index (κ3) is 6.14. The summed E-state index contributed by atoms with van der Waals surface area (Å²) in [5, 5.41) is 17.4. The molecule has 1 heterocycles. The van der Waals surface area contributed by atoms with Crippen molar-refractivity contribution in [2.24, 2.45) is 11.8 Å². The van der Waals surface area contributed by atoms with Crippen LogP contribution in [0.4, 0.5) is 5.82 Å². The van der Waals surface area contributed by atoms with Crippen molar-refractivity contribution in [3.8, 4) is 5.69 Å². The van der Waals surface area contributed by atoms with Crippen LogP contribution in [0.5, 0.6) is 0 Å². The second-order valence-electron chi connectivity index (χ2n) is 9.98. The Hall–Kier alpha value is -3.06. The molecule has 1 aliphatic rings. The van der Waals surface area contributed by atoms with Crippen LogP contribution in [0, 0.1) is 11.8 Å². The Morgan fingerprint density at radius 2 is 1.71 bits per heavy atom. The molecule has 2 N–H and O–H groups in total. The summed E-state index contributed by atoms with van der Waals surface area (Å²) in [5.41, 5.74) is 1.07. The lowest BCUT2D eigenvalue weighted by Gasteiger charge is -2.33. The Labute approximate surface area is 211 Å². The molecule has 184 valence electrons. The average Bonchev–Trinajstić information content (AvgIpc) is 3.27. The van der Waals surface area contributed by atoms with Gasteiger partial charge in [0.2, 0.25) is 0 Å². The van der Waals surface area contributed by atoms with E-state index in [-0.39, 0.29) is 23.1 Å². The molecule has 1 aromatic heterocycles. The number of nitrogens with zero attached hydrogens (tertiary/aromatic N) is 2. The molecule has 3 aromatic rings. The summed E-state index contributed by atoms with van der Waals surface area (Å²) < 4.78 is 1.56. The first-order valence-electron chi connectivity index (χ1n) is 12.2. The fraction of sp³-hybridized carbons (Fsp3) is 0.393. The van der Waals surface area contributed by atoms with Gasteiger partial charge in [-0.15, -0.1) is 16.9 Å².